The lowest BCUT2D eigenvalue weighted by Gasteiger charge is -2.17. The highest BCUT2D eigenvalue weighted by Crippen LogP contribution is 2.46. The second kappa shape index (κ2) is 5.87. The minimum atomic E-state index is -0.294. The Kier molecular flexibility index (Phi) is 5.05. The molecule has 0 aromatic heterocycles. The molecule has 3 nitrogen and oxygen atoms in total. The van der Waals surface area contributed by atoms with Crippen molar-refractivity contribution >= 4 is 34.9 Å². The molecule has 5 heteroatoms. The summed E-state index contributed by atoms with van der Waals surface area (Å²) in [5.74, 6) is -0.299. The molecule has 0 heterocycles. The minimum absolute atomic E-state index is 0.00493. The van der Waals surface area contributed by atoms with Crippen molar-refractivity contribution in [1.82, 2.24) is 5.32 Å². The standard InChI is InChI=1S/C11H20N2OS2/c1-3-4-8(9(12)15)10(14)13-7-11(16-2)5-6-11/h8H,3-7H2,1-2H3,(H2,12,15)(H,13,14). The van der Waals surface area contributed by atoms with Crippen molar-refractivity contribution in [2.75, 3.05) is 12.8 Å². The number of carbonyl (C=O) groups excluding carboxylic acids is 1. The van der Waals surface area contributed by atoms with Gasteiger partial charge in [0.05, 0.1) is 10.9 Å². The summed E-state index contributed by atoms with van der Waals surface area (Å²) in [7, 11) is 0. The normalized spacial score (nSPS) is 18.9. The maximum Gasteiger partial charge on any atom is 0.229 e. The molecule has 1 atom stereocenters. The van der Waals surface area contributed by atoms with Gasteiger partial charge >= 0.3 is 0 Å². The van der Waals surface area contributed by atoms with Gasteiger partial charge in [0.15, 0.2) is 0 Å². The molecule has 0 aromatic rings. The summed E-state index contributed by atoms with van der Waals surface area (Å²) in [6, 6.07) is 0. The van der Waals surface area contributed by atoms with Crippen LogP contribution in [-0.4, -0.2) is 28.4 Å². The number of thioether (sulfide) groups is 1. The molecule has 0 aliphatic heterocycles. The van der Waals surface area contributed by atoms with Crippen LogP contribution >= 0.6 is 24.0 Å². The van der Waals surface area contributed by atoms with Gasteiger partial charge in [-0.05, 0) is 25.5 Å². The van der Waals surface area contributed by atoms with Crippen LogP contribution in [0.4, 0.5) is 0 Å². The van der Waals surface area contributed by atoms with Crippen LogP contribution in [0.15, 0.2) is 0 Å². The van der Waals surface area contributed by atoms with E-state index in [4.69, 9.17) is 18.0 Å². The van der Waals surface area contributed by atoms with Crippen LogP contribution in [0.2, 0.25) is 0 Å². The number of nitrogens with two attached hydrogens (primary N) is 1. The SMILES string of the molecule is CCCC(C(=O)NCC1(SC)CC1)C(N)=S. The molecule has 0 saturated heterocycles. The first kappa shape index (κ1) is 13.8. The Balaban J connectivity index is 2.40. The molecule has 92 valence electrons. The van der Waals surface area contributed by atoms with Gasteiger partial charge in [-0.15, -0.1) is 0 Å². The van der Waals surface area contributed by atoms with E-state index >= 15 is 0 Å². The lowest BCUT2D eigenvalue weighted by atomic mass is 10.0. The van der Waals surface area contributed by atoms with Crippen molar-refractivity contribution in [2.45, 2.75) is 37.4 Å². The van der Waals surface area contributed by atoms with E-state index in [9.17, 15) is 4.79 Å². The topological polar surface area (TPSA) is 55.1 Å². The van der Waals surface area contributed by atoms with Gasteiger partial charge in [-0.1, -0.05) is 25.6 Å². The number of hydrogen-bond acceptors (Lipinski definition) is 3. The maximum atomic E-state index is 11.9. The predicted octanol–water partition coefficient (Wildman–Crippen LogP) is 1.70. The summed E-state index contributed by atoms with van der Waals surface area (Å²) in [5, 5.41) is 2.98. The van der Waals surface area contributed by atoms with Gasteiger partial charge in [0.2, 0.25) is 5.91 Å². The Hall–Kier alpha value is -0.290. The quantitative estimate of drug-likeness (QED) is 0.684. The second-order valence-corrected chi connectivity index (χ2v) is 6.09. The molecule has 1 aliphatic carbocycles. The summed E-state index contributed by atoms with van der Waals surface area (Å²) in [6.07, 6.45) is 6.15. The lowest BCUT2D eigenvalue weighted by Crippen LogP contribution is -2.41. The van der Waals surface area contributed by atoms with Crippen LogP contribution in [0.25, 0.3) is 0 Å². The molecular weight excluding hydrogens is 240 g/mol. The van der Waals surface area contributed by atoms with Crippen LogP contribution in [0.3, 0.4) is 0 Å². The molecule has 1 rings (SSSR count). The van der Waals surface area contributed by atoms with Crippen molar-refractivity contribution in [3.8, 4) is 0 Å². The van der Waals surface area contributed by atoms with Crippen molar-refractivity contribution in [3.63, 3.8) is 0 Å². The largest absolute Gasteiger partial charge is 0.393 e. The highest BCUT2D eigenvalue weighted by Gasteiger charge is 2.42. The van der Waals surface area contributed by atoms with Crippen molar-refractivity contribution in [3.05, 3.63) is 0 Å². The van der Waals surface area contributed by atoms with Crippen LogP contribution in [0.5, 0.6) is 0 Å². The molecule has 1 fully saturated rings. The second-order valence-electron chi connectivity index (χ2n) is 4.35. The molecule has 1 aliphatic rings. The molecule has 1 amide bonds. The zero-order valence-corrected chi connectivity index (χ0v) is 11.5. The number of hydrogen-bond donors (Lipinski definition) is 2. The average Bonchev–Trinajstić information content (AvgIpc) is 3.03. The van der Waals surface area contributed by atoms with Crippen LogP contribution in [-0.2, 0) is 4.79 Å². The Morgan fingerprint density at radius 2 is 2.25 bits per heavy atom. The number of thiocarbonyl (C=S) groups is 1. The molecule has 0 radical (unpaired) electrons. The van der Waals surface area contributed by atoms with E-state index in [1.807, 2.05) is 18.7 Å². The van der Waals surface area contributed by atoms with E-state index in [1.54, 1.807) is 0 Å². The Morgan fingerprint density at radius 3 is 2.62 bits per heavy atom. The van der Waals surface area contributed by atoms with Crippen LogP contribution in [0, 0.1) is 5.92 Å². The Morgan fingerprint density at radius 1 is 1.62 bits per heavy atom. The lowest BCUT2D eigenvalue weighted by molar-refractivity contribution is -0.123. The molecule has 3 N–H and O–H groups in total. The number of nitrogens with one attached hydrogen (secondary N) is 1. The number of carbonyl (C=O) groups is 1. The minimum Gasteiger partial charge on any atom is -0.393 e. The molecule has 0 spiro atoms. The summed E-state index contributed by atoms with van der Waals surface area (Å²) in [5.41, 5.74) is 5.58. The summed E-state index contributed by atoms with van der Waals surface area (Å²) in [4.78, 5) is 12.2. The molecule has 0 aromatic carbocycles. The van der Waals surface area contributed by atoms with Gasteiger partial charge in [-0.2, -0.15) is 11.8 Å². The monoisotopic (exact) mass is 260 g/mol. The fourth-order valence-electron chi connectivity index (χ4n) is 1.66. The summed E-state index contributed by atoms with van der Waals surface area (Å²) < 4.78 is 0.294. The first-order valence-corrected chi connectivity index (χ1v) is 7.30. The van der Waals surface area contributed by atoms with Crippen LogP contribution in [0.1, 0.15) is 32.6 Å². The van der Waals surface area contributed by atoms with Crippen molar-refractivity contribution in [1.29, 1.82) is 0 Å². The maximum absolute atomic E-state index is 11.9. The third-order valence-corrected chi connectivity index (χ3v) is 4.77. The van der Waals surface area contributed by atoms with E-state index in [2.05, 4.69) is 11.6 Å². The van der Waals surface area contributed by atoms with Gasteiger partial charge in [-0.3, -0.25) is 4.79 Å². The summed E-state index contributed by atoms with van der Waals surface area (Å²) >= 11 is 6.76. The third-order valence-electron chi connectivity index (χ3n) is 3.06. The van der Waals surface area contributed by atoms with E-state index in [0.717, 1.165) is 19.4 Å². The molecule has 1 unspecified atom stereocenters. The smallest absolute Gasteiger partial charge is 0.229 e. The van der Waals surface area contributed by atoms with Crippen molar-refractivity contribution in [2.24, 2.45) is 11.7 Å². The van der Waals surface area contributed by atoms with E-state index in [0.29, 0.717) is 9.74 Å². The van der Waals surface area contributed by atoms with E-state index < -0.39 is 0 Å². The van der Waals surface area contributed by atoms with Gasteiger partial charge in [-0.25, -0.2) is 0 Å². The molecule has 1 saturated carbocycles. The van der Waals surface area contributed by atoms with Crippen LogP contribution < -0.4 is 11.1 Å². The third kappa shape index (κ3) is 3.63. The first-order chi connectivity index (χ1) is 7.54. The van der Waals surface area contributed by atoms with Crippen molar-refractivity contribution < 1.29 is 4.79 Å². The van der Waals surface area contributed by atoms with Gasteiger partial charge in [0.25, 0.3) is 0 Å². The predicted molar refractivity (Wildman–Crippen MR) is 73.7 cm³/mol. The molecular formula is C11H20N2OS2. The molecule has 0 bridgehead atoms. The van der Waals surface area contributed by atoms with Gasteiger partial charge < -0.3 is 11.1 Å². The highest BCUT2D eigenvalue weighted by molar-refractivity contribution is 8.00. The average molecular weight is 260 g/mol. The fourth-order valence-corrected chi connectivity index (χ4v) is 2.61. The number of rotatable bonds is 7. The highest BCUT2D eigenvalue weighted by atomic mass is 32.2. The molecule has 16 heavy (non-hydrogen) atoms. The fraction of sp³-hybridized carbons (Fsp3) is 0.818. The van der Waals surface area contributed by atoms with E-state index in [1.165, 1.54) is 12.8 Å². The van der Waals surface area contributed by atoms with E-state index in [-0.39, 0.29) is 11.8 Å². The van der Waals surface area contributed by atoms with Gasteiger partial charge in [0, 0.05) is 11.3 Å². The summed E-state index contributed by atoms with van der Waals surface area (Å²) in [6.45, 7) is 2.78. The Bertz CT molecular complexity index is 277. The zero-order chi connectivity index (χ0) is 12.2. The number of amides is 1. The van der Waals surface area contributed by atoms with Gasteiger partial charge in [0.1, 0.15) is 0 Å². The zero-order valence-electron chi connectivity index (χ0n) is 9.91. The Labute approximate surface area is 107 Å². The first-order valence-electron chi connectivity index (χ1n) is 5.67.